The zero-order valence-corrected chi connectivity index (χ0v) is 21.1. The Balaban J connectivity index is 2.05. The predicted molar refractivity (Wildman–Crippen MR) is 99.9 cm³/mol. The molecule has 0 amide bonds. The topological polar surface area (TPSA) is 18.5 Å². The van der Waals surface area contributed by atoms with Gasteiger partial charge in [0.1, 0.15) is 0 Å². The van der Waals surface area contributed by atoms with E-state index in [0.29, 0.717) is 0 Å². The second kappa shape index (κ2) is 9.47. The normalized spacial score (nSPS) is 16.5. The van der Waals surface area contributed by atoms with Crippen molar-refractivity contribution in [2.75, 3.05) is 14.2 Å². The first-order valence-electron chi connectivity index (χ1n) is 8.61. The minimum absolute atomic E-state index is 0.362. The van der Waals surface area contributed by atoms with Crippen LogP contribution in [0.5, 0.6) is 0 Å². The molecule has 2 unspecified atom stereocenters. The fraction of sp³-hybridized carbons (Fsp3) is 0.273. The van der Waals surface area contributed by atoms with Gasteiger partial charge in [0, 0.05) is 0 Å². The Hall–Kier alpha value is -1.22. The van der Waals surface area contributed by atoms with E-state index in [1.165, 1.54) is 11.1 Å². The number of hydrogen-bond donors (Lipinski definition) is 0. The van der Waals surface area contributed by atoms with Crippen molar-refractivity contribution in [3.8, 4) is 0 Å². The van der Waals surface area contributed by atoms with Gasteiger partial charge in [-0.2, -0.15) is 0 Å². The zero-order valence-electron chi connectivity index (χ0n) is 15.6. The van der Waals surface area contributed by atoms with Crippen molar-refractivity contribution in [1.82, 2.24) is 0 Å². The molecule has 2 nitrogen and oxygen atoms in total. The fourth-order valence-electron chi connectivity index (χ4n) is 2.77. The molecule has 0 aliphatic carbocycles. The molecule has 0 bridgehead atoms. The van der Waals surface area contributed by atoms with Crippen LogP contribution in [-0.4, -0.2) is 14.2 Å². The zero-order chi connectivity index (χ0) is 18.2. The Bertz CT molecular complexity index is 635. The third-order valence-corrected chi connectivity index (χ3v) is 8.63. The quantitative estimate of drug-likeness (QED) is 0.443. The van der Waals surface area contributed by atoms with Crippen molar-refractivity contribution in [2.45, 2.75) is 25.0 Å². The van der Waals surface area contributed by atoms with Gasteiger partial charge >= 0.3 is 164 Å². The summed E-state index contributed by atoms with van der Waals surface area (Å²) >= 11 is -1.29. The van der Waals surface area contributed by atoms with Crippen LogP contribution in [-0.2, 0) is 45.3 Å². The number of benzene rings is 2. The molecule has 0 saturated heterocycles. The molecule has 25 heavy (non-hydrogen) atoms. The van der Waals surface area contributed by atoms with Crippen LogP contribution in [0.15, 0.2) is 80.0 Å². The Labute approximate surface area is 164 Å². The van der Waals surface area contributed by atoms with Crippen LogP contribution >= 0.6 is 0 Å². The van der Waals surface area contributed by atoms with Gasteiger partial charge < -0.3 is 0 Å². The molecule has 2 aromatic carbocycles. The molecule has 2 atom stereocenters. The molecule has 0 heterocycles. The van der Waals surface area contributed by atoms with Gasteiger partial charge in [0.2, 0.25) is 0 Å². The van der Waals surface area contributed by atoms with Crippen molar-refractivity contribution in [2.24, 2.45) is 0 Å². The van der Waals surface area contributed by atoms with Crippen LogP contribution < -0.4 is 0 Å². The molecule has 3 heteroatoms. The number of methoxy groups -OCH3 is 2. The minimum atomic E-state index is -1.29. The van der Waals surface area contributed by atoms with Gasteiger partial charge in [-0.1, -0.05) is 0 Å². The number of hydrogen-bond acceptors (Lipinski definition) is 2. The first-order chi connectivity index (χ1) is 12.0. The summed E-state index contributed by atoms with van der Waals surface area (Å²) in [5.41, 5.74) is 1.63. The third-order valence-electron chi connectivity index (χ3n) is 4.69. The van der Waals surface area contributed by atoms with E-state index >= 15 is 0 Å². The van der Waals surface area contributed by atoms with E-state index in [0.717, 1.165) is 0 Å². The number of rotatable bonds is 8. The van der Waals surface area contributed by atoms with Crippen molar-refractivity contribution in [3.05, 3.63) is 91.1 Å². The Morgan fingerprint density at radius 3 is 1.36 bits per heavy atom. The van der Waals surface area contributed by atoms with E-state index in [4.69, 9.17) is 9.47 Å². The SMILES string of the molecule is COC(C)(/C=[CH]\[Hg]/[CH]=C\C(C)(OC)c1ccccc1)c1ccccc1. The summed E-state index contributed by atoms with van der Waals surface area (Å²) in [5, 5.41) is 0. The van der Waals surface area contributed by atoms with E-state index in [-0.39, 0.29) is 11.2 Å². The first-order valence-corrected chi connectivity index (χ1v) is 15.0. The fourth-order valence-corrected chi connectivity index (χ4v) is 7.93. The molecule has 2 aromatic rings. The van der Waals surface area contributed by atoms with Crippen LogP contribution in [0.3, 0.4) is 0 Å². The molecule has 0 aliphatic rings. The third kappa shape index (κ3) is 5.37. The van der Waals surface area contributed by atoms with Gasteiger partial charge in [-0.15, -0.1) is 0 Å². The van der Waals surface area contributed by atoms with E-state index in [2.05, 4.69) is 81.7 Å². The van der Waals surface area contributed by atoms with Crippen molar-refractivity contribution < 1.29 is 34.0 Å². The molecule has 0 aliphatic heterocycles. The standard InChI is InChI=1S/2C11H13O.Hg/c2*1-4-11(2,12-3)10-8-6-5-7-9-10;/h2*1,4-9H,2-3H3;. The Morgan fingerprint density at radius 1 is 0.680 bits per heavy atom. The second-order valence-electron chi connectivity index (χ2n) is 6.39. The van der Waals surface area contributed by atoms with E-state index in [1.54, 1.807) is 14.2 Å². The summed E-state index contributed by atoms with van der Waals surface area (Å²) in [5.74, 6) is 0. The van der Waals surface area contributed by atoms with Crippen molar-refractivity contribution in [3.63, 3.8) is 0 Å². The summed E-state index contributed by atoms with van der Waals surface area (Å²) in [6.45, 7) is 4.22. The van der Waals surface area contributed by atoms with Crippen LogP contribution in [0.25, 0.3) is 0 Å². The maximum absolute atomic E-state index is 5.76. The van der Waals surface area contributed by atoms with Gasteiger partial charge in [-0.05, 0) is 0 Å². The van der Waals surface area contributed by atoms with Crippen LogP contribution in [0.4, 0.5) is 0 Å². The molecule has 2 rings (SSSR count). The van der Waals surface area contributed by atoms with Crippen LogP contribution in [0, 0.1) is 0 Å². The summed E-state index contributed by atoms with van der Waals surface area (Å²) in [6.07, 6.45) is 4.42. The summed E-state index contributed by atoms with van der Waals surface area (Å²) < 4.78 is 16.2. The Kier molecular flexibility index (Phi) is 7.61. The molecule has 0 spiro atoms. The summed E-state index contributed by atoms with van der Waals surface area (Å²) in [4.78, 5) is 0. The molecule has 128 valence electrons. The maximum atomic E-state index is 5.76. The molecular formula is C22H26HgO2. The summed E-state index contributed by atoms with van der Waals surface area (Å²) in [6, 6.07) is 20.7. The molecule has 0 aromatic heterocycles. The first kappa shape index (κ1) is 20.1. The summed E-state index contributed by atoms with van der Waals surface area (Å²) in [7, 11) is 3.53. The average Bonchev–Trinajstić information content (AvgIpc) is 2.68. The predicted octanol–water partition coefficient (Wildman–Crippen LogP) is 5.22. The van der Waals surface area contributed by atoms with Crippen molar-refractivity contribution >= 4 is 0 Å². The van der Waals surface area contributed by atoms with Crippen LogP contribution in [0.2, 0.25) is 0 Å². The second-order valence-corrected chi connectivity index (χ2v) is 11.9. The van der Waals surface area contributed by atoms with E-state index < -0.39 is 24.6 Å². The molecular weight excluding hydrogens is 497 g/mol. The van der Waals surface area contributed by atoms with Crippen molar-refractivity contribution in [1.29, 1.82) is 0 Å². The number of ether oxygens (including phenoxy) is 2. The van der Waals surface area contributed by atoms with Gasteiger partial charge in [-0.3, -0.25) is 0 Å². The van der Waals surface area contributed by atoms with Gasteiger partial charge in [0.25, 0.3) is 0 Å². The van der Waals surface area contributed by atoms with Gasteiger partial charge in [0.15, 0.2) is 0 Å². The van der Waals surface area contributed by atoms with Crippen LogP contribution in [0.1, 0.15) is 25.0 Å². The Morgan fingerprint density at radius 2 is 1.04 bits per heavy atom. The van der Waals surface area contributed by atoms with Gasteiger partial charge in [-0.25, -0.2) is 0 Å². The molecule has 0 fully saturated rings. The molecule has 0 saturated carbocycles. The van der Waals surface area contributed by atoms with E-state index in [9.17, 15) is 0 Å². The average molecular weight is 523 g/mol. The van der Waals surface area contributed by atoms with E-state index in [1.807, 2.05) is 12.1 Å². The van der Waals surface area contributed by atoms with Gasteiger partial charge in [0.05, 0.1) is 0 Å². The molecule has 0 radical (unpaired) electrons. The molecule has 0 N–H and O–H groups in total. The monoisotopic (exact) mass is 524 g/mol.